The number of aldehydes is 1. The van der Waals surface area contributed by atoms with Gasteiger partial charge in [-0.25, -0.2) is 14.2 Å². The summed E-state index contributed by atoms with van der Waals surface area (Å²) < 4.78 is 46.1. The highest BCUT2D eigenvalue weighted by Crippen LogP contribution is 2.17. The highest BCUT2D eigenvalue weighted by atomic mass is 19.4. The molecule has 2 aromatic heterocycles. The molecular weight excluding hydrogens is 323 g/mol. The first-order valence-electron chi connectivity index (χ1n) is 6.45. The summed E-state index contributed by atoms with van der Waals surface area (Å²) in [6, 6.07) is 0. The molecule has 0 radical (unpaired) electrons. The molecule has 9 nitrogen and oxygen atoms in total. The molecule has 0 aliphatic heterocycles. The van der Waals surface area contributed by atoms with Crippen LogP contribution in [0.4, 0.5) is 13.2 Å². The lowest BCUT2D eigenvalue weighted by atomic mass is 10.3. The molecule has 2 aromatic rings. The molecule has 126 valence electrons. The molecule has 0 bridgehead atoms. The van der Waals surface area contributed by atoms with Crippen molar-refractivity contribution in [3.8, 4) is 0 Å². The SMILES string of the molecule is CCOC(C=O)c1ncn2c(=O)n(CCOC(F)(F)F)nnc12. The summed E-state index contributed by atoms with van der Waals surface area (Å²) in [5.41, 5.74) is -0.667. The van der Waals surface area contributed by atoms with Gasteiger partial charge < -0.3 is 4.74 Å². The minimum atomic E-state index is -4.79. The Hall–Kier alpha value is -2.34. The van der Waals surface area contributed by atoms with Crippen molar-refractivity contribution in [2.24, 2.45) is 0 Å². The molecule has 1 unspecified atom stereocenters. The Morgan fingerprint density at radius 3 is 2.78 bits per heavy atom. The standard InChI is InChI=1S/C11H12F3N5O4/c1-2-22-7(5-20)8-9-16-17-19(3-4-23-11(12,13)14)10(21)18(9)6-15-8/h5-7H,2-4H2,1H3. The number of fused-ring (bicyclic) bond motifs is 1. The van der Waals surface area contributed by atoms with Crippen molar-refractivity contribution in [2.45, 2.75) is 25.9 Å². The third-order valence-corrected chi connectivity index (χ3v) is 2.75. The van der Waals surface area contributed by atoms with Crippen molar-refractivity contribution in [3.05, 3.63) is 22.5 Å². The van der Waals surface area contributed by atoms with Gasteiger partial charge in [0, 0.05) is 6.61 Å². The molecule has 0 fully saturated rings. The molecule has 0 saturated carbocycles. The van der Waals surface area contributed by atoms with Gasteiger partial charge in [-0.2, -0.15) is 4.68 Å². The molecular formula is C11H12F3N5O4. The molecule has 0 aliphatic rings. The van der Waals surface area contributed by atoms with Gasteiger partial charge >= 0.3 is 12.1 Å². The van der Waals surface area contributed by atoms with Crippen molar-refractivity contribution in [1.29, 1.82) is 0 Å². The van der Waals surface area contributed by atoms with Gasteiger partial charge in [0.2, 0.25) is 0 Å². The summed E-state index contributed by atoms with van der Waals surface area (Å²) in [6.45, 7) is 0.675. The van der Waals surface area contributed by atoms with Gasteiger partial charge in [0.05, 0.1) is 13.2 Å². The highest BCUT2D eigenvalue weighted by molar-refractivity contribution is 5.64. The number of aromatic nitrogens is 5. The molecule has 0 amide bonds. The maximum absolute atomic E-state index is 12.1. The number of ether oxygens (including phenoxy) is 2. The van der Waals surface area contributed by atoms with E-state index in [2.05, 4.69) is 20.0 Å². The fourth-order valence-corrected chi connectivity index (χ4v) is 1.81. The number of imidazole rings is 1. The van der Waals surface area contributed by atoms with E-state index in [4.69, 9.17) is 4.74 Å². The largest absolute Gasteiger partial charge is 0.522 e. The Labute approximate surface area is 126 Å². The third kappa shape index (κ3) is 3.90. The van der Waals surface area contributed by atoms with Crippen LogP contribution < -0.4 is 5.69 Å². The van der Waals surface area contributed by atoms with Crippen molar-refractivity contribution < 1.29 is 27.4 Å². The molecule has 1 atom stereocenters. The number of hydrogen-bond acceptors (Lipinski definition) is 7. The summed E-state index contributed by atoms with van der Waals surface area (Å²) >= 11 is 0. The Bertz CT molecular complexity index is 741. The van der Waals surface area contributed by atoms with Crippen molar-refractivity contribution >= 4 is 11.9 Å². The molecule has 0 N–H and O–H groups in total. The van der Waals surface area contributed by atoms with Gasteiger partial charge in [0.25, 0.3) is 0 Å². The zero-order valence-corrected chi connectivity index (χ0v) is 11.9. The topological polar surface area (TPSA) is 101 Å². The van der Waals surface area contributed by atoms with E-state index in [9.17, 15) is 22.8 Å². The zero-order valence-electron chi connectivity index (χ0n) is 11.9. The molecule has 0 saturated heterocycles. The number of rotatable bonds is 7. The molecule has 2 rings (SSSR count). The van der Waals surface area contributed by atoms with Crippen LogP contribution >= 0.6 is 0 Å². The van der Waals surface area contributed by atoms with Crippen molar-refractivity contribution in [3.63, 3.8) is 0 Å². The van der Waals surface area contributed by atoms with Crippen LogP contribution in [0.15, 0.2) is 11.1 Å². The quantitative estimate of drug-likeness (QED) is 0.661. The number of hydrogen-bond donors (Lipinski definition) is 0. The number of carbonyl (C=O) groups is 1. The lowest BCUT2D eigenvalue weighted by Crippen LogP contribution is -2.32. The van der Waals surface area contributed by atoms with Gasteiger partial charge in [-0.15, -0.1) is 18.3 Å². The Balaban J connectivity index is 2.27. The van der Waals surface area contributed by atoms with Gasteiger partial charge in [-0.3, -0.25) is 9.53 Å². The fraction of sp³-hybridized carbons (Fsp3) is 0.545. The van der Waals surface area contributed by atoms with Crippen LogP contribution in [0.5, 0.6) is 0 Å². The number of carbonyl (C=O) groups excluding carboxylic acids is 1. The van der Waals surface area contributed by atoms with E-state index in [1.54, 1.807) is 6.92 Å². The second-order valence-electron chi connectivity index (χ2n) is 4.22. The average molecular weight is 335 g/mol. The van der Waals surface area contributed by atoms with Crippen LogP contribution in [0.2, 0.25) is 0 Å². The maximum Gasteiger partial charge on any atom is 0.522 e. The third-order valence-electron chi connectivity index (χ3n) is 2.75. The molecule has 0 spiro atoms. The second kappa shape index (κ2) is 6.83. The average Bonchev–Trinajstić information content (AvgIpc) is 2.90. The van der Waals surface area contributed by atoms with Gasteiger partial charge in [-0.05, 0) is 6.92 Å². The first kappa shape index (κ1) is 17.0. The summed E-state index contributed by atoms with van der Waals surface area (Å²) in [5, 5.41) is 7.22. The number of alkyl halides is 3. The Kier molecular flexibility index (Phi) is 5.05. The Morgan fingerprint density at radius 1 is 1.43 bits per heavy atom. The fourth-order valence-electron chi connectivity index (χ4n) is 1.81. The maximum atomic E-state index is 12.1. The van der Waals surface area contributed by atoms with Crippen LogP contribution in [0, 0.1) is 0 Å². The van der Waals surface area contributed by atoms with Crippen LogP contribution in [0.25, 0.3) is 5.65 Å². The molecule has 23 heavy (non-hydrogen) atoms. The predicted octanol–water partition coefficient (Wildman–Crippen LogP) is 0.0989. The predicted molar refractivity (Wildman–Crippen MR) is 67.5 cm³/mol. The molecule has 2 heterocycles. The van der Waals surface area contributed by atoms with Gasteiger partial charge in [0.1, 0.15) is 12.0 Å². The monoisotopic (exact) mass is 335 g/mol. The first-order chi connectivity index (χ1) is 10.9. The lowest BCUT2D eigenvalue weighted by molar-refractivity contribution is -0.325. The summed E-state index contributed by atoms with van der Waals surface area (Å²) in [6.07, 6.45) is -4.21. The highest BCUT2D eigenvalue weighted by Gasteiger charge is 2.29. The zero-order chi connectivity index (χ0) is 17.0. The summed E-state index contributed by atoms with van der Waals surface area (Å²) in [7, 11) is 0. The van der Waals surface area contributed by atoms with E-state index in [0.29, 0.717) is 11.0 Å². The van der Waals surface area contributed by atoms with E-state index in [-0.39, 0.29) is 17.9 Å². The van der Waals surface area contributed by atoms with Crippen LogP contribution in [-0.2, 0) is 20.8 Å². The van der Waals surface area contributed by atoms with Crippen LogP contribution in [-0.4, -0.2) is 50.2 Å². The molecule has 0 aromatic carbocycles. The minimum absolute atomic E-state index is 0.00598. The minimum Gasteiger partial charge on any atom is -0.364 e. The van der Waals surface area contributed by atoms with E-state index < -0.39 is 31.3 Å². The van der Waals surface area contributed by atoms with E-state index >= 15 is 0 Å². The smallest absolute Gasteiger partial charge is 0.364 e. The lowest BCUT2D eigenvalue weighted by Gasteiger charge is -2.09. The van der Waals surface area contributed by atoms with Crippen molar-refractivity contribution in [2.75, 3.05) is 13.2 Å². The first-order valence-corrected chi connectivity index (χ1v) is 6.45. The molecule has 0 aliphatic carbocycles. The van der Waals surface area contributed by atoms with E-state index in [0.717, 1.165) is 10.7 Å². The number of nitrogens with zero attached hydrogens (tertiary/aromatic N) is 5. The van der Waals surface area contributed by atoms with E-state index in [1.165, 1.54) is 0 Å². The van der Waals surface area contributed by atoms with Crippen LogP contribution in [0.1, 0.15) is 18.7 Å². The van der Waals surface area contributed by atoms with Crippen molar-refractivity contribution in [1.82, 2.24) is 24.4 Å². The molecule has 12 heteroatoms. The normalized spacial score (nSPS) is 13.4. The van der Waals surface area contributed by atoms with E-state index in [1.807, 2.05) is 0 Å². The summed E-state index contributed by atoms with van der Waals surface area (Å²) in [5.74, 6) is 0. The van der Waals surface area contributed by atoms with Crippen LogP contribution in [0.3, 0.4) is 0 Å². The summed E-state index contributed by atoms with van der Waals surface area (Å²) in [4.78, 5) is 27.0. The Morgan fingerprint density at radius 2 is 2.17 bits per heavy atom. The second-order valence-corrected chi connectivity index (χ2v) is 4.22. The van der Waals surface area contributed by atoms with Gasteiger partial charge in [-0.1, -0.05) is 5.21 Å². The number of halogens is 3. The van der Waals surface area contributed by atoms with Gasteiger partial charge in [0.15, 0.2) is 18.0 Å².